The van der Waals surface area contributed by atoms with Gasteiger partial charge in [0.1, 0.15) is 5.82 Å². The second-order valence-corrected chi connectivity index (χ2v) is 8.85. The van der Waals surface area contributed by atoms with Gasteiger partial charge in [-0.15, -0.1) is 0 Å². The number of rotatable bonds is 5. The molecule has 32 heavy (non-hydrogen) atoms. The Kier molecular flexibility index (Phi) is 5.52. The highest BCUT2D eigenvalue weighted by Gasteiger charge is 2.44. The molecule has 3 N–H and O–H groups in total. The zero-order valence-electron chi connectivity index (χ0n) is 18.4. The van der Waals surface area contributed by atoms with E-state index in [0.29, 0.717) is 32.3 Å². The van der Waals surface area contributed by atoms with Crippen molar-refractivity contribution in [2.75, 3.05) is 36.6 Å². The van der Waals surface area contributed by atoms with Crippen LogP contribution >= 0.6 is 0 Å². The highest BCUT2D eigenvalue weighted by Crippen LogP contribution is 2.36. The van der Waals surface area contributed by atoms with Crippen LogP contribution < -0.4 is 16.1 Å². The molecular weight excluding hydrogens is 406 g/mol. The largest absolute Gasteiger partial charge is 0.378 e. The number of hydrogen-bond donors (Lipinski definition) is 2. The summed E-state index contributed by atoms with van der Waals surface area (Å²) in [5, 5.41) is 4.34. The monoisotopic (exact) mass is 435 g/mol. The Morgan fingerprint density at radius 3 is 2.78 bits per heavy atom. The van der Waals surface area contributed by atoms with Crippen LogP contribution in [0.5, 0.6) is 0 Å². The molecule has 0 atom stereocenters. The van der Waals surface area contributed by atoms with Crippen LogP contribution in [0.1, 0.15) is 41.6 Å². The number of nitrogens with one attached hydrogen (secondary N) is 1. The number of amides is 1. The van der Waals surface area contributed by atoms with Crippen molar-refractivity contribution in [2.45, 2.75) is 44.8 Å². The molecule has 3 heterocycles. The third-order valence-corrected chi connectivity index (χ3v) is 6.45. The molecule has 1 saturated carbocycles. The number of morpholine rings is 1. The van der Waals surface area contributed by atoms with Crippen molar-refractivity contribution < 1.29 is 9.53 Å². The molecule has 9 heteroatoms. The first-order valence-electron chi connectivity index (χ1n) is 11.2. The van der Waals surface area contributed by atoms with Crippen LogP contribution in [-0.4, -0.2) is 58.8 Å². The number of aryl methyl sites for hydroxylation is 1. The third kappa shape index (κ3) is 4.05. The number of nitrogens with two attached hydrogens (primary N) is 1. The molecule has 1 aromatic carbocycles. The van der Waals surface area contributed by atoms with Crippen LogP contribution in [-0.2, 0) is 22.6 Å². The quantitative estimate of drug-likeness (QED) is 0.544. The van der Waals surface area contributed by atoms with E-state index in [0.717, 1.165) is 55.0 Å². The molecule has 1 aromatic heterocycles. The maximum absolute atomic E-state index is 13.0. The van der Waals surface area contributed by atoms with Crippen LogP contribution in [0.4, 0.5) is 11.8 Å². The summed E-state index contributed by atoms with van der Waals surface area (Å²) < 4.78 is 5.52. The van der Waals surface area contributed by atoms with Crippen LogP contribution in [0.15, 0.2) is 29.4 Å². The molecule has 2 aromatic rings. The number of aromatic nitrogens is 2. The summed E-state index contributed by atoms with van der Waals surface area (Å²) in [5.74, 6) is 1.29. The van der Waals surface area contributed by atoms with Crippen LogP contribution in [0, 0.1) is 6.92 Å². The molecule has 5 rings (SSSR count). The Balaban J connectivity index is 1.40. The normalized spacial score (nSPS) is 19.7. The lowest BCUT2D eigenvalue weighted by molar-refractivity contribution is -0.140. The molecule has 9 nitrogen and oxygen atoms in total. The number of hydrogen-bond acceptors (Lipinski definition) is 8. The molecule has 1 saturated heterocycles. The van der Waals surface area contributed by atoms with Gasteiger partial charge in [0.25, 0.3) is 0 Å². The fourth-order valence-electron chi connectivity index (χ4n) is 4.47. The van der Waals surface area contributed by atoms with Crippen LogP contribution in [0.2, 0.25) is 0 Å². The van der Waals surface area contributed by atoms with Gasteiger partial charge in [0.15, 0.2) is 0 Å². The number of nitrogens with zero attached hydrogens (tertiary/aromatic N) is 5. The Morgan fingerprint density at radius 1 is 1.25 bits per heavy atom. The molecule has 0 bridgehead atoms. The van der Waals surface area contributed by atoms with Gasteiger partial charge in [-0.3, -0.25) is 4.79 Å². The van der Waals surface area contributed by atoms with Gasteiger partial charge in [0.2, 0.25) is 11.9 Å². The van der Waals surface area contributed by atoms with Gasteiger partial charge in [0.05, 0.1) is 43.8 Å². The van der Waals surface area contributed by atoms with Gasteiger partial charge in [0, 0.05) is 18.7 Å². The number of anilines is 2. The van der Waals surface area contributed by atoms with E-state index < -0.39 is 5.54 Å². The molecule has 2 aliphatic heterocycles. The summed E-state index contributed by atoms with van der Waals surface area (Å²) >= 11 is 0. The minimum Gasteiger partial charge on any atom is -0.378 e. The summed E-state index contributed by atoms with van der Waals surface area (Å²) in [6, 6.07) is 8.09. The van der Waals surface area contributed by atoms with Gasteiger partial charge in [-0.05, 0) is 31.7 Å². The molecule has 3 aliphatic rings. The van der Waals surface area contributed by atoms with E-state index in [2.05, 4.69) is 26.5 Å². The van der Waals surface area contributed by atoms with Crippen molar-refractivity contribution in [1.82, 2.24) is 14.9 Å². The van der Waals surface area contributed by atoms with Crippen molar-refractivity contribution in [2.24, 2.45) is 10.8 Å². The summed E-state index contributed by atoms with van der Waals surface area (Å²) in [4.78, 5) is 26.5. The summed E-state index contributed by atoms with van der Waals surface area (Å²) in [7, 11) is 0. The first-order chi connectivity index (χ1) is 15.5. The van der Waals surface area contributed by atoms with Gasteiger partial charge in [-0.1, -0.05) is 29.8 Å². The molecule has 0 radical (unpaired) electrons. The van der Waals surface area contributed by atoms with Crippen molar-refractivity contribution in [3.8, 4) is 0 Å². The van der Waals surface area contributed by atoms with E-state index in [1.165, 1.54) is 5.56 Å². The van der Waals surface area contributed by atoms with Crippen LogP contribution in [0.3, 0.4) is 0 Å². The standard InChI is InChI=1S/C23H29N7O2/c1-16-4-2-5-17(12-16)13-25-28-22-26-19-15-30(21(31)23(24)6-3-7-23)14-18(19)20(27-22)29-8-10-32-11-9-29/h2,4-5,12-13H,3,6-11,14-15,24H2,1H3,(H,26,27,28)/b25-13+. The smallest absolute Gasteiger partial charge is 0.245 e. The minimum atomic E-state index is -0.714. The lowest BCUT2D eigenvalue weighted by Gasteiger charge is -2.39. The minimum absolute atomic E-state index is 0.0154. The average Bonchev–Trinajstić information content (AvgIpc) is 3.21. The van der Waals surface area contributed by atoms with Gasteiger partial charge in [-0.2, -0.15) is 10.1 Å². The number of hydrazone groups is 1. The third-order valence-electron chi connectivity index (χ3n) is 6.45. The Hall–Kier alpha value is -3.04. The Morgan fingerprint density at radius 2 is 2.06 bits per heavy atom. The SMILES string of the molecule is Cc1cccc(/C=N/Nc2nc3c(c(N4CCOCC4)n2)CN(C(=O)C2(N)CCC2)C3)c1. The fraction of sp³-hybridized carbons (Fsp3) is 0.478. The zero-order valence-corrected chi connectivity index (χ0v) is 18.4. The predicted molar refractivity (Wildman–Crippen MR) is 122 cm³/mol. The van der Waals surface area contributed by atoms with E-state index in [-0.39, 0.29) is 5.91 Å². The summed E-state index contributed by atoms with van der Waals surface area (Å²) in [6.07, 6.45) is 4.26. The van der Waals surface area contributed by atoms with E-state index in [4.69, 9.17) is 15.5 Å². The molecule has 168 valence electrons. The van der Waals surface area contributed by atoms with Gasteiger partial charge < -0.3 is 20.3 Å². The number of carbonyl (C=O) groups is 1. The van der Waals surface area contributed by atoms with Gasteiger partial charge in [-0.25, -0.2) is 10.4 Å². The maximum Gasteiger partial charge on any atom is 0.245 e. The molecule has 0 unspecified atom stereocenters. The van der Waals surface area contributed by atoms with E-state index in [9.17, 15) is 4.79 Å². The van der Waals surface area contributed by atoms with Crippen molar-refractivity contribution >= 4 is 23.9 Å². The highest BCUT2D eigenvalue weighted by molar-refractivity contribution is 5.87. The topological polar surface area (TPSA) is 109 Å². The van der Waals surface area contributed by atoms with Crippen molar-refractivity contribution in [3.05, 3.63) is 46.6 Å². The first-order valence-corrected chi connectivity index (χ1v) is 11.2. The predicted octanol–water partition coefficient (Wildman–Crippen LogP) is 1.79. The van der Waals surface area contributed by atoms with E-state index in [1.54, 1.807) is 6.21 Å². The number of ether oxygens (including phenoxy) is 1. The molecule has 1 amide bonds. The van der Waals surface area contributed by atoms with Gasteiger partial charge >= 0.3 is 0 Å². The lowest BCUT2D eigenvalue weighted by Crippen LogP contribution is -2.58. The van der Waals surface area contributed by atoms with E-state index >= 15 is 0 Å². The molecule has 1 aliphatic carbocycles. The second-order valence-electron chi connectivity index (χ2n) is 8.85. The second kappa shape index (κ2) is 8.48. The molecular formula is C23H29N7O2. The summed E-state index contributed by atoms with van der Waals surface area (Å²) in [5.41, 5.74) is 12.6. The Labute approximate surface area is 187 Å². The molecule has 0 spiro atoms. The molecule has 2 fully saturated rings. The highest BCUT2D eigenvalue weighted by atomic mass is 16.5. The Bertz CT molecular complexity index is 1040. The van der Waals surface area contributed by atoms with Crippen molar-refractivity contribution in [3.63, 3.8) is 0 Å². The number of carbonyl (C=O) groups excluding carboxylic acids is 1. The first kappa shape index (κ1) is 20.8. The number of fused-ring (bicyclic) bond motifs is 1. The lowest BCUT2D eigenvalue weighted by atomic mass is 9.76. The van der Waals surface area contributed by atoms with Crippen molar-refractivity contribution in [1.29, 1.82) is 0 Å². The fourth-order valence-corrected chi connectivity index (χ4v) is 4.47. The van der Waals surface area contributed by atoms with E-state index in [1.807, 2.05) is 30.0 Å². The average molecular weight is 436 g/mol. The van der Waals surface area contributed by atoms with Crippen LogP contribution in [0.25, 0.3) is 0 Å². The number of benzene rings is 1. The maximum atomic E-state index is 13.0. The summed E-state index contributed by atoms with van der Waals surface area (Å²) in [6.45, 7) is 5.80. The zero-order chi connectivity index (χ0) is 22.1.